The van der Waals surface area contributed by atoms with E-state index in [2.05, 4.69) is 29.1 Å². The van der Waals surface area contributed by atoms with E-state index in [9.17, 15) is 9.59 Å². The van der Waals surface area contributed by atoms with Crippen molar-refractivity contribution in [2.45, 2.75) is 24.2 Å². The number of carbonyl (C=O) groups is 2. The molecule has 168 valence electrons. The van der Waals surface area contributed by atoms with E-state index in [0.29, 0.717) is 18.0 Å². The molecule has 1 aliphatic rings. The van der Waals surface area contributed by atoms with Crippen LogP contribution in [-0.4, -0.2) is 45.6 Å². The number of carbonyl (C=O) groups excluding carboxylic acids is 2. The van der Waals surface area contributed by atoms with Crippen LogP contribution in [0.1, 0.15) is 29.7 Å². The third-order valence-electron chi connectivity index (χ3n) is 4.94. The van der Waals surface area contributed by atoms with Gasteiger partial charge in [0.15, 0.2) is 10.9 Å². The Morgan fingerprint density at radius 1 is 1.25 bits per heavy atom. The number of hydrogen-bond acceptors (Lipinski definition) is 8. The Morgan fingerprint density at radius 2 is 2.09 bits per heavy atom. The number of pyridine rings is 1. The lowest BCUT2D eigenvalue weighted by Gasteiger charge is -2.11. The van der Waals surface area contributed by atoms with Crippen molar-refractivity contribution in [3.63, 3.8) is 0 Å². The van der Waals surface area contributed by atoms with E-state index in [1.165, 1.54) is 11.8 Å². The SMILES string of the molecule is C[C@@H](c1ccc2c(c1)SC(=O)C2)c1ccn(-c2ccc(OCCOC(=O)CN)cn2)n1.Cl. The van der Waals surface area contributed by atoms with Crippen LogP contribution in [-0.2, 0) is 20.7 Å². The average Bonchev–Trinajstić information content (AvgIpc) is 3.42. The first-order valence-corrected chi connectivity index (χ1v) is 10.7. The monoisotopic (exact) mass is 474 g/mol. The van der Waals surface area contributed by atoms with Crippen LogP contribution in [0, 0.1) is 0 Å². The highest BCUT2D eigenvalue weighted by molar-refractivity contribution is 8.14. The summed E-state index contributed by atoms with van der Waals surface area (Å²) in [6, 6.07) is 11.7. The van der Waals surface area contributed by atoms with Crippen LogP contribution in [0.2, 0.25) is 0 Å². The predicted octanol–water partition coefficient (Wildman–Crippen LogP) is 2.90. The number of nitrogens with two attached hydrogens (primary N) is 1. The van der Waals surface area contributed by atoms with E-state index in [1.807, 2.05) is 18.3 Å². The number of fused-ring (bicyclic) bond motifs is 1. The maximum Gasteiger partial charge on any atom is 0.319 e. The fraction of sp³-hybridized carbons (Fsp3) is 0.273. The number of thioether (sulfide) groups is 1. The molecule has 32 heavy (non-hydrogen) atoms. The van der Waals surface area contributed by atoms with Gasteiger partial charge in [0, 0.05) is 23.4 Å². The maximum atomic E-state index is 11.7. The molecule has 3 aromatic rings. The molecule has 0 amide bonds. The molecule has 1 atom stereocenters. The summed E-state index contributed by atoms with van der Waals surface area (Å²) in [4.78, 5) is 28.1. The molecule has 4 rings (SSSR count). The normalized spacial score (nSPS) is 13.2. The lowest BCUT2D eigenvalue weighted by molar-refractivity contribution is -0.142. The van der Waals surface area contributed by atoms with Crippen molar-refractivity contribution in [1.29, 1.82) is 0 Å². The van der Waals surface area contributed by atoms with Gasteiger partial charge in [0.2, 0.25) is 0 Å². The minimum absolute atomic E-state index is 0. The second kappa shape index (κ2) is 10.6. The lowest BCUT2D eigenvalue weighted by atomic mass is 9.96. The van der Waals surface area contributed by atoms with Gasteiger partial charge in [-0.3, -0.25) is 9.59 Å². The van der Waals surface area contributed by atoms with Gasteiger partial charge in [0.1, 0.15) is 19.0 Å². The molecule has 1 aliphatic heterocycles. The number of aromatic nitrogens is 3. The Kier molecular flexibility index (Phi) is 7.89. The molecule has 8 nitrogen and oxygen atoms in total. The van der Waals surface area contributed by atoms with Gasteiger partial charge >= 0.3 is 5.97 Å². The summed E-state index contributed by atoms with van der Waals surface area (Å²) < 4.78 is 12.1. The summed E-state index contributed by atoms with van der Waals surface area (Å²) in [7, 11) is 0. The van der Waals surface area contributed by atoms with E-state index in [-0.39, 0.29) is 43.2 Å². The summed E-state index contributed by atoms with van der Waals surface area (Å²) in [6.45, 7) is 2.30. The quantitative estimate of drug-likeness (QED) is 0.392. The second-order valence-electron chi connectivity index (χ2n) is 7.05. The van der Waals surface area contributed by atoms with Gasteiger partial charge in [0.25, 0.3) is 0 Å². The minimum Gasteiger partial charge on any atom is -0.488 e. The van der Waals surface area contributed by atoms with Crippen molar-refractivity contribution in [2.75, 3.05) is 19.8 Å². The summed E-state index contributed by atoms with van der Waals surface area (Å²) in [5.41, 5.74) is 8.31. The minimum atomic E-state index is -0.465. The number of halogens is 1. The largest absolute Gasteiger partial charge is 0.488 e. The van der Waals surface area contributed by atoms with Crippen molar-refractivity contribution >= 4 is 35.3 Å². The third kappa shape index (κ3) is 5.48. The molecule has 0 fully saturated rings. The Hall–Kier alpha value is -2.88. The Morgan fingerprint density at radius 3 is 2.84 bits per heavy atom. The lowest BCUT2D eigenvalue weighted by Crippen LogP contribution is -2.19. The van der Waals surface area contributed by atoms with Crippen molar-refractivity contribution in [3.8, 4) is 11.6 Å². The van der Waals surface area contributed by atoms with Crippen molar-refractivity contribution in [3.05, 3.63) is 65.6 Å². The Balaban J connectivity index is 0.00000289. The van der Waals surface area contributed by atoms with Crippen LogP contribution in [0.3, 0.4) is 0 Å². The molecule has 0 unspecified atom stereocenters. The van der Waals surface area contributed by atoms with Gasteiger partial charge in [0.05, 0.1) is 18.4 Å². The van der Waals surface area contributed by atoms with Gasteiger partial charge in [-0.2, -0.15) is 5.10 Å². The first-order valence-electron chi connectivity index (χ1n) is 9.87. The van der Waals surface area contributed by atoms with E-state index in [4.69, 9.17) is 15.2 Å². The summed E-state index contributed by atoms with van der Waals surface area (Å²) >= 11 is 1.31. The fourth-order valence-electron chi connectivity index (χ4n) is 3.23. The first kappa shape index (κ1) is 23.8. The molecule has 0 radical (unpaired) electrons. The summed E-state index contributed by atoms with van der Waals surface area (Å²) in [6.07, 6.45) is 3.97. The van der Waals surface area contributed by atoms with Crippen LogP contribution in [0.4, 0.5) is 0 Å². The van der Waals surface area contributed by atoms with E-state index >= 15 is 0 Å². The Labute approximate surface area is 195 Å². The first-order chi connectivity index (χ1) is 15.0. The highest BCUT2D eigenvalue weighted by Gasteiger charge is 2.21. The number of rotatable bonds is 8. The van der Waals surface area contributed by atoms with Crippen LogP contribution in [0.25, 0.3) is 5.82 Å². The van der Waals surface area contributed by atoms with Crippen LogP contribution in [0.15, 0.2) is 53.7 Å². The molecule has 0 saturated carbocycles. The summed E-state index contributed by atoms with van der Waals surface area (Å²) in [5, 5.41) is 4.86. The molecular weight excluding hydrogens is 452 g/mol. The molecule has 0 aliphatic carbocycles. The zero-order valence-corrected chi connectivity index (χ0v) is 19.0. The van der Waals surface area contributed by atoms with Gasteiger partial charge in [-0.15, -0.1) is 12.4 Å². The molecule has 2 N–H and O–H groups in total. The second-order valence-corrected chi connectivity index (χ2v) is 8.15. The molecule has 3 heterocycles. The zero-order chi connectivity index (χ0) is 21.8. The number of ether oxygens (including phenoxy) is 2. The van der Waals surface area contributed by atoms with Crippen LogP contribution >= 0.6 is 24.2 Å². The number of hydrogen-bond donors (Lipinski definition) is 1. The van der Waals surface area contributed by atoms with Gasteiger partial charge < -0.3 is 15.2 Å². The van der Waals surface area contributed by atoms with Gasteiger partial charge in [-0.1, -0.05) is 30.8 Å². The number of benzene rings is 1. The highest BCUT2D eigenvalue weighted by Crippen LogP contribution is 2.35. The predicted molar refractivity (Wildman–Crippen MR) is 123 cm³/mol. The molecule has 1 aromatic carbocycles. The van der Waals surface area contributed by atoms with Crippen LogP contribution < -0.4 is 10.5 Å². The van der Waals surface area contributed by atoms with E-state index in [1.54, 1.807) is 23.0 Å². The Bertz CT molecular complexity index is 1100. The van der Waals surface area contributed by atoms with E-state index < -0.39 is 5.97 Å². The van der Waals surface area contributed by atoms with Gasteiger partial charge in [-0.05, 0) is 35.4 Å². The summed E-state index contributed by atoms with van der Waals surface area (Å²) in [5.74, 6) is 0.851. The molecule has 0 spiro atoms. The third-order valence-corrected chi connectivity index (χ3v) is 5.91. The molecule has 2 aromatic heterocycles. The number of esters is 1. The molecule has 10 heteroatoms. The molecule has 0 bridgehead atoms. The fourth-order valence-corrected chi connectivity index (χ4v) is 4.17. The van der Waals surface area contributed by atoms with Gasteiger partial charge in [-0.25, -0.2) is 9.67 Å². The van der Waals surface area contributed by atoms with Crippen LogP contribution in [0.5, 0.6) is 5.75 Å². The average molecular weight is 475 g/mol. The smallest absolute Gasteiger partial charge is 0.319 e. The molecule has 0 saturated heterocycles. The topological polar surface area (TPSA) is 109 Å². The molecular formula is C22H23ClN4O4S. The maximum absolute atomic E-state index is 11.7. The van der Waals surface area contributed by atoms with Crippen molar-refractivity contribution in [1.82, 2.24) is 14.8 Å². The number of nitrogens with zero attached hydrogens (tertiary/aromatic N) is 3. The van der Waals surface area contributed by atoms with E-state index in [0.717, 1.165) is 21.7 Å². The van der Waals surface area contributed by atoms with Crippen molar-refractivity contribution in [2.24, 2.45) is 5.73 Å². The van der Waals surface area contributed by atoms with Crippen molar-refractivity contribution < 1.29 is 19.1 Å². The zero-order valence-electron chi connectivity index (χ0n) is 17.4. The highest BCUT2D eigenvalue weighted by atomic mass is 35.5. The standard InChI is InChI=1S/C22H22N4O4S.ClH/c1-14(15-2-3-16-11-22(28)31-19(16)10-15)18-6-7-26(25-18)20-5-4-17(13-24-20)29-8-9-30-21(27)12-23;/h2-7,10,13-14H,8-9,11-12,23H2,1H3;1H/t14-;/m0./s1.